The maximum absolute atomic E-state index is 5.91. The van der Waals surface area contributed by atoms with E-state index in [-0.39, 0.29) is 4.75 Å². The summed E-state index contributed by atoms with van der Waals surface area (Å²) in [6.07, 6.45) is 8.78. The van der Waals surface area contributed by atoms with Crippen molar-refractivity contribution in [3.05, 3.63) is 12.7 Å². The molecule has 0 N–H and O–H groups in total. The number of hydrogen-bond acceptors (Lipinski definition) is 2. The van der Waals surface area contributed by atoms with E-state index in [0.717, 1.165) is 12.3 Å². The molecule has 1 aliphatic carbocycles. The van der Waals surface area contributed by atoms with Gasteiger partial charge in [0.2, 0.25) is 0 Å². The molecule has 0 amide bonds. The Kier molecular flexibility index (Phi) is 5.20. The minimum Gasteiger partial charge on any atom is -0.312 e. The van der Waals surface area contributed by atoms with Gasteiger partial charge in [-0.15, -0.1) is 6.58 Å². The van der Waals surface area contributed by atoms with Crippen molar-refractivity contribution in [2.75, 3.05) is 0 Å². The molecule has 0 aromatic heterocycles. The highest BCUT2D eigenvalue weighted by molar-refractivity contribution is 7.96. The van der Waals surface area contributed by atoms with E-state index in [1.165, 1.54) is 25.7 Å². The SMILES string of the molecule is C=CCC1CCCC(OSC(C)(C)C)C1. The second kappa shape index (κ2) is 5.95. The van der Waals surface area contributed by atoms with Gasteiger partial charge in [-0.2, -0.15) is 0 Å². The van der Waals surface area contributed by atoms with Gasteiger partial charge in [0.1, 0.15) is 0 Å². The molecule has 2 atom stereocenters. The third-order valence-corrected chi connectivity index (χ3v) is 3.54. The van der Waals surface area contributed by atoms with Crippen LogP contribution >= 0.6 is 12.0 Å². The van der Waals surface area contributed by atoms with Crippen molar-refractivity contribution in [1.82, 2.24) is 0 Å². The minimum absolute atomic E-state index is 0.214. The van der Waals surface area contributed by atoms with Crippen molar-refractivity contribution < 1.29 is 4.18 Å². The monoisotopic (exact) mass is 228 g/mol. The fourth-order valence-corrected chi connectivity index (χ4v) is 2.59. The standard InChI is InChI=1S/C13H24OS/c1-5-7-11-8-6-9-12(10-11)14-15-13(2,3)4/h5,11-12H,1,6-10H2,2-4H3. The third kappa shape index (κ3) is 5.62. The molecule has 1 saturated carbocycles. The molecule has 0 radical (unpaired) electrons. The van der Waals surface area contributed by atoms with Gasteiger partial charge in [0.05, 0.1) is 6.10 Å². The van der Waals surface area contributed by atoms with E-state index in [9.17, 15) is 0 Å². The van der Waals surface area contributed by atoms with Crippen LogP contribution in [0.25, 0.3) is 0 Å². The van der Waals surface area contributed by atoms with Crippen molar-refractivity contribution >= 4 is 12.0 Å². The Balaban J connectivity index is 2.27. The van der Waals surface area contributed by atoms with Crippen LogP contribution in [-0.4, -0.2) is 10.9 Å². The Morgan fingerprint density at radius 2 is 2.13 bits per heavy atom. The number of hydrogen-bond donors (Lipinski definition) is 0. The van der Waals surface area contributed by atoms with Gasteiger partial charge in [-0.25, -0.2) is 0 Å². The average Bonchev–Trinajstić information content (AvgIpc) is 2.15. The normalized spacial score (nSPS) is 27.7. The first-order valence-corrected chi connectivity index (χ1v) is 6.71. The molecule has 88 valence electrons. The molecule has 0 spiro atoms. The number of rotatable bonds is 4. The molecule has 15 heavy (non-hydrogen) atoms. The first kappa shape index (κ1) is 13.1. The Labute approximate surface area is 98.9 Å². The highest BCUT2D eigenvalue weighted by Gasteiger charge is 2.24. The summed E-state index contributed by atoms with van der Waals surface area (Å²) in [5.41, 5.74) is 0. The van der Waals surface area contributed by atoms with Crippen molar-refractivity contribution in [2.45, 2.75) is 63.7 Å². The molecule has 0 heterocycles. The summed E-state index contributed by atoms with van der Waals surface area (Å²) >= 11 is 1.63. The molecule has 0 aromatic rings. The minimum atomic E-state index is 0.214. The summed E-state index contributed by atoms with van der Waals surface area (Å²) in [6.45, 7) is 10.4. The van der Waals surface area contributed by atoms with Gasteiger partial charge in [0.25, 0.3) is 0 Å². The second-order valence-electron chi connectivity index (χ2n) is 5.47. The molecule has 1 aliphatic rings. The van der Waals surface area contributed by atoms with Gasteiger partial charge in [0, 0.05) is 4.75 Å². The van der Waals surface area contributed by atoms with E-state index in [1.54, 1.807) is 12.0 Å². The predicted molar refractivity (Wildman–Crippen MR) is 69.0 cm³/mol. The van der Waals surface area contributed by atoms with Crippen LogP contribution < -0.4 is 0 Å². The Morgan fingerprint density at radius 3 is 2.73 bits per heavy atom. The van der Waals surface area contributed by atoms with Crippen LogP contribution in [0.4, 0.5) is 0 Å². The first-order valence-electron chi connectivity index (χ1n) is 5.96. The van der Waals surface area contributed by atoms with Gasteiger partial charge in [-0.1, -0.05) is 12.5 Å². The largest absolute Gasteiger partial charge is 0.312 e. The summed E-state index contributed by atoms with van der Waals surface area (Å²) in [7, 11) is 0. The van der Waals surface area contributed by atoms with Gasteiger partial charge in [-0.3, -0.25) is 0 Å². The van der Waals surface area contributed by atoms with Crippen LogP contribution in [0, 0.1) is 5.92 Å². The fraction of sp³-hybridized carbons (Fsp3) is 0.846. The lowest BCUT2D eigenvalue weighted by atomic mass is 9.85. The summed E-state index contributed by atoms with van der Waals surface area (Å²) in [5, 5.41) is 0. The lowest BCUT2D eigenvalue weighted by Crippen LogP contribution is -2.22. The van der Waals surface area contributed by atoms with Gasteiger partial charge in [-0.05, 0) is 64.4 Å². The summed E-state index contributed by atoms with van der Waals surface area (Å²) < 4.78 is 6.12. The molecule has 1 rings (SSSR count). The molecule has 2 unspecified atom stereocenters. The zero-order valence-corrected chi connectivity index (χ0v) is 11.1. The average molecular weight is 228 g/mol. The quantitative estimate of drug-likeness (QED) is 0.514. The van der Waals surface area contributed by atoms with Crippen LogP contribution in [0.3, 0.4) is 0 Å². The van der Waals surface area contributed by atoms with E-state index in [4.69, 9.17) is 4.18 Å². The molecule has 1 nitrogen and oxygen atoms in total. The van der Waals surface area contributed by atoms with Crippen LogP contribution in [0.15, 0.2) is 12.7 Å². The Morgan fingerprint density at radius 1 is 1.40 bits per heavy atom. The van der Waals surface area contributed by atoms with Crippen molar-refractivity contribution in [3.63, 3.8) is 0 Å². The Hall–Kier alpha value is 0.0500. The predicted octanol–water partition coefficient (Wildman–Crippen LogP) is 4.58. The third-order valence-electron chi connectivity index (χ3n) is 2.67. The molecule has 1 fully saturated rings. The van der Waals surface area contributed by atoms with Crippen molar-refractivity contribution in [3.8, 4) is 0 Å². The second-order valence-corrected chi connectivity index (χ2v) is 7.05. The fourth-order valence-electron chi connectivity index (χ4n) is 1.99. The van der Waals surface area contributed by atoms with Crippen LogP contribution in [0.5, 0.6) is 0 Å². The van der Waals surface area contributed by atoms with E-state index < -0.39 is 0 Å². The zero-order chi connectivity index (χ0) is 11.3. The highest BCUT2D eigenvalue weighted by atomic mass is 32.2. The van der Waals surface area contributed by atoms with E-state index >= 15 is 0 Å². The Bertz CT molecular complexity index is 195. The molecular weight excluding hydrogens is 204 g/mol. The van der Waals surface area contributed by atoms with Gasteiger partial charge in [0.15, 0.2) is 0 Å². The zero-order valence-electron chi connectivity index (χ0n) is 10.3. The van der Waals surface area contributed by atoms with Crippen LogP contribution in [0.1, 0.15) is 52.9 Å². The topological polar surface area (TPSA) is 9.23 Å². The smallest absolute Gasteiger partial charge is 0.0725 e. The maximum atomic E-state index is 5.91. The molecule has 2 heteroatoms. The molecule has 0 saturated heterocycles. The van der Waals surface area contributed by atoms with Crippen molar-refractivity contribution in [1.29, 1.82) is 0 Å². The van der Waals surface area contributed by atoms with Crippen molar-refractivity contribution in [2.24, 2.45) is 5.92 Å². The highest BCUT2D eigenvalue weighted by Crippen LogP contribution is 2.34. The molecule has 0 aromatic carbocycles. The molecular formula is C13H24OS. The lowest BCUT2D eigenvalue weighted by molar-refractivity contribution is 0.146. The van der Waals surface area contributed by atoms with Crippen LogP contribution in [-0.2, 0) is 4.18 Å². The van der Waals surface area contributed by atoms with Crippen LogP contribution in [0.2, 0.25) is 0 Å². The lowest BCUT2D eigenvalue weighted by Gasteiger charge is -2.29. The van der Waals surface area contributed by atoms with E-state index in [2.05, 4.69) is 27.4 Å². The number of allylic oxidation sites excluding steroid dienone is 1. The van der Waals surface area contributed by atoms with E-state index in [1.807, 2.05) is 6.08 Å². The molecule has 0 aliphatic heterocycles. The summed E-state index contributed by atoms with van der Waals surface area (Å²) in [5.74, 6) is 0.807. The van der Waals surface area contributed by atoms with Gasteiger partial charge >= 0.3 is 0 Å². The summed E-state index contributed by atoms with van der Waals surface area (Å²) in [6, 6.07) is 0. The van der Waals surface area contributed by atoms with Gasteiger partial charge < -0.3 is 4.18 Å². The van der Waals surface area contributed by atoms with E-state index in [0.29, 0.717) is 6.10 Å². The first-order chi connectivity index (χ1) is 7.01. The maximum Gasteiger partial charge on any atom is 0.0725 e. The molecule has 0 bridgehead atoms. The summed E-state index contributed by atoms with van der Waals surface area (Å²) in [4.78, 5) is 0.